The Morgan fingerprint density at radius 2 is 1.83 bits per heavy atom. The summed E-state index contributed by atoms with van der Waals surface area (Å²) < 4.78 is 64.5. The first-order chi connectivity index (χ1) is 16.4. The first kappa shape index (κ1) is 32.4. The Labute approximate surface area is 211 Å². The zero-order valence-corrected chi connectivity index (χ0v) is 23.8. The van der Waals surface area contributed by atoms with E-state index in [9.17, 15) is 9.36 Å². The Bertz CT molecular complexity index is 727. The van der Waals surface area contributed by atoms with Gasteiger partial charge in [0.2, 0.25) is 5.91 Å². The van der Waals surface area contributed by atoms with Crippen LogP contribution in [-0.2, 0) is 36.9 Å². The van der Waals surface area contributed by atoms with Crippen molar-refractivity contribution in [3.05, 3.63) is 0 Å². The molecule has 3 unspecified atom stereocenters. The standard InChI is InChI=1S/C21H40BFN2O8P2/c1-8-29-35(27,30-9-2)21(23)19(31-16(7)26)17-13-18(20(22)32-17)33-34(28-12-10-11-24)25(14(3)4)15(5)6/h14-15,17-21H,8-10,12-13,22H2,1-7H3/t17-,18-,19?,20+,21?,34?/m0/s1. The van der Waals surface area contributed by atoms with Crippen LogP contribution in [0, 0.1) is 11.3 Å². The topological polar surface area (TPSA) is 117 Å². The average Bonchev–Trinajstić information content (AvgIpc) is 3.11. The summed E-state index contributed by atoms with van der Waals surface area (Å²) in [5.74, 6) is -2.98. The highest BCUT2D eigenvalue weighted by atomic mass is 31.2. The fourth-order valence-electron chi connectivity index (χ4n) is 3.81. The molecule has 0 spiro atoms. The third-order valence-corrected chi connectivity index (χ3v) is 9.41. The second-order valence-electron chi connectivity index (χ2n) is 8.63. The summed E-state index contributed by atoms with van der Waals surface area (Å²) in [5.41, 5.74) is 0. The Hall–Kier alpha value is -0.625. The monoisotopic (exact) mass is 540 g/mol. The van der Waals surface area contributed by atoms with Crippen LogP contribution in [0.3, 0.4) is 0 Å². The number of hydrogen-bond donors (Lipinski definition) is 0. The quantitative estimate of drug-likeness (QED) is 0.124. The molecule has 0 saturated carbocycles. The van der Waals surface area contributed by atoms with Gasteiger partial charge in [-0.15, -0.1) is 0 Å². The maximum atomic E-state index is 15.6. The summed E-state index contributed by atoms with van der Waals surface area (Å²) in [6.07, 6.45) is -2.58. The minimum Gasteiger partial charge on any atom is -0.456 e. The van der Waals surface area contributed by atoms with E-state index >= 15 is 4.39 Å². The predicted octanol–water partition coefficient (Wildman–Crippen LogP) is 3.89. The SMILES string of the molecule is B[C@@H]1O[C@H](C(OC(C)=O)C(F)P(=O)(OCC)OCC)C[C@@H]1OP(OCCC#N)N(C(C)C)C(C)C. The molecular formula is C21H40BFN2O8P2. The van der Waals surface area contributed by atoms with E-state index in [4.69, 9.17) is 32.8 Å². The number of carbonyl (C=O) groups is 1. The first-order valence-corrected chi connectivity index (χ1v) is 14.8. The van der Waals surface area contributed by atoms with E-state index in [0.29, 0.717) is 0 Å². The fraction of sp³-hybridized carbons (Fsp3) is 0.905. The summed E-state index contributed by atoms with van der Waals surface area (Å²) in [6, 6.07) is 1.77. The van der Waals surface area contributed by atoms with Gasteiger partial charge in [-0.25, -0.2) is 9.06 Å². The molecule has 0 aliphatic carbocycles. The molecule has 202 valence electrons. The summed E-state index contributed by atoms with van der Waals surface area (Å²) >= 11 is 0. The van der Waals surface area contributed by atoms with Crippen LogP contribution in [-0.4, -0.2) is 80.6 Å². The van der Waals surface area contributed by atoms with Gasteiger partial charge in [-0.1, -0.05) is 0 Å². The van der Waals surface area contributed by atoms with Gasteiger partial charge in [0.05, 0.1) is 44.4 Å². The molecule has 1 rings (SSSR count). The van der Waals surface area contributed by atoms with Gasteiger partial charge in [0.1, 0.15) is 14.0 Å². The summed E-state index contributed by atoms with van der Waals surface area (Å²) in [6.45, 7) is 12.5. The van der Waals surface area contributed by atoms with Crippen molar-refractivity contribution in [1.29, 1.82) is 5.26 Å². The second kappa shape index (κ2) is 15.6. The predicted molar refractivity (Wildman–Crippen MR) is 133 cm³/mol. The highest BCUT2D eigenvalue weighted by Gasteiger charge is 2.51. The van der Waals surface area contributed by atoms with Crippen molar-refractivity contribution in [3.63, 3.8) is 0 Å². The van der Waals surface area contributed by atoms with Crippen LogP contribution in [0.2, 0.25) is 0 Å². The number of nitriles is 1. The molecule has 1 aliphatic heterocycles. The molecule has 0 aromatic heterocycles. The van der Waals surface area contributed by atoms with Crippen molar-refractivity contribution in [2.75, 3.05) is 19.8 Å². The van der Waals surface area contributed by atoms with Crippen LogP contribution >= 0.6 is 16.1 Å². The average molecular weight is 540 g/mol. The van der Waals surface area contributed by atoms with Crippen molar-refractivity contribution >= 4 is 29.9 Å². The Morgan fingerprint density at radius 3 is 2.29 bits per heavy atom. The number of carbonyl (C=O) groups excluding carboxylic acids is 1. The molecule has 14 heteroatoms. The van der Waals surface area contributed by atoms with Gasteiger partial charge in [-0.3, -0.25) is 9.36 Å². The zero-order valence-electron chi connectivity index (χ0n) is 22.0. The molecule has 0 aromatic carbocycles. The molecule has 0 amide bonds. The fourth-order valence-corrected chi connectivity index (χ4v) is 7.30. The van der Waals surface area contributed by atoms with Gasteiger partial charge in [0, 0.05) is 25.4 Å². The van der Waals surface area contributed by atoms with Gasteiger partial charge in [0.15, 0.2) is 6.10 Å². The maximum absolute atomic E-state index is 15.6. The first-order valence-electron chi connectivity index (χ1n) is 12.0. The molecule has 0 N–H and O–H groups in total. The van der Waals surface area contributed by atoms with E-state index in [-0.39, 0.29) is 44.7 Å². The van der Waals surface area contributed by atoms with Gasteiger partial charge in [0.25, 0.3) is 8.53 Å². The number of halogens is 1. The molecule has 0 radical (unpaired) electrons. The van der Waals surface area contributed by atoms with Crippen molar-refractivity contribution in [1.82, 2.24) is 4.67 Å². The second-order valence-corrected chi connectivity index (χ2v) is 12.1. The molecular weight excluding hydrogens is 500 g/mol. The van der Waals surface area contributed by atoms with Crippen LogP contribution < -0.4 is 0 Å². The van der Waals surface area contributed by atoms with E-state index in [1.54, 1.807) is 21.7 Å². The van der Waals surface area contributed by atoms with Gasteiger partial charge in [-0.05, 0) is 41.5 Å². The highest BCUT2D eigenvalue weighted by molar-refractivity contribution is 7.54. The Balaban J connectivity index is 3.14. The van der Waals surface area contributed by atoms with Gasteiger partial charge >= 0.3 is 13.6 Å². The summed E-state index contributed by atoms with van der Waals surface area (Å²) in [4.78, 5) is 11.8. The van der Waals surface area contributed by atoms with E-state index in [1.807, 2.05) is 27.7 Å². The third-order valence-electron chi connectivity index (χ3n) is 5.13. The van der Waals surface area contributed by atoms with Gasteiger partial charge < -0.3 is 27.6 Å². The van der Waals surface area contributed by atoms with Crippen LogP contribution in [0.15, 0.2) is 0 Å². The minimum absolute atomic E-state index is 0.0390. The number of rotatable bonds is 16. The third kappa shape index (κ3) is 9.64. The van der Waals surface area contributed by atoms with Crippen molar-refractivity contribution in [2.45, 2.75) is 104 Å². The molecule has 1 aliphatic rings. The van der Waals surface area contributed by atoms with Crippen molar-refractivity contribution in [2.24, 2.45) is 0 Å². The maximum Gasteiger partial charge on any atom is 0.368 e. The minimum atomic E-state index is -4.23. The molecule has 0 aromatic rings. The molecule has 1 fully saturated rings. The molecule has 35 heavy (non-hydrogen) atoms. The highest BCUT2D eigenvalue weighted by Crippen LogP contribution is 2.57. The van der Waals surface area contributed by atoms with E-state index in [2.05, 4.69) is 10.7 Å². The normalized spacial score (nSPS) is 23.4. The zero-order chi connectivity index (χ0) is 26.8. The van der Waals surface area contributed by atoms with Crippen LogP contribution in [0.25, 0.3) is 0 Å². The number of ether oxygens (including phenoxy) is 2. The number of hydrogen-bond acceptors (Lipinski definition) is 10. The molecule has 6 atom stereocenters. The van der Waals surface area contributed by atoms with Crippen LogP contribution in [0.1, 0.15) is 61.3 Å². The van der Waals surface area contributed by atoms with E-state index in [0.717, 1.165) is 6.92 Å². The summed E-state index contributed by atoms with van der Waals surface area (Å²) in [7, 11) is -4.02. The van der Waals surface area contributed by atoms with Gasteiger partial charge in [-0.2, -0.15) is 5.26 Å². The lowest BCUT2D eigenvalue weighted by atomic mass is 9.94. The van der Waals surface area contributed by atoms with E-state index in [1.165, 1.54) is 0 Å². The molecule has 10 nitrogen and oxygen atoms in total. The molecule has 1 heterocycles. The van der Waals surface area contributed by atoms with Crippen molar-refractivity contribution in [3.8, 4) is 6.07 Å². The van der Waals surface area contributed by atoms with Crippen LogP contribution in [0.5, 0.6) is 0 Å². The molecule has 1 saturated heterocycles. The summed E-state index contributed by atoms with van der Waals surface area (Å²) in [5, 5.41) is 8.91. The largest absolute Gasteiger partial charge is 0.456 e. The van der Waals surface area contributed by atoms with Crippen LogP contribution in [0.4, 0.5) is 4.39 Å². The lowest BCUT2D eigenvalue weighted by molar-refractivity contribution is -0.156. The lowest BCUT2D eigenvalue weighted by Crippen LogP contribution is -2.39. The Kier molecular flexibility index (Phi) is 14.4. The van der Waals surface area contributed by atoms with E-state index < -0.39 is 52.3 Å². The number of esters is 1. The molecule has 0 bridgehead atoms. The van der Waals surface area contributed by atoms with Crippen molar-refractivity contribution < 1.29 is 41.3 Å². The smallest absolute Gasteiger partial charge is 0.368 e. The number of alkyl halides is 1. The Morgan fingerprint density at radius 1 is 1.26 bits per heavy atom. The number of nitrogens with zero attached hydrogens (tertiary/aromatic N) is 2. The lowest BCUT2D eigenvalue weighted by Gasteiger charge is -2.37.